The van der Waals surface area contributed by atoms with Crippen LogP contribution in [0.5, 0.6) is 34.5 Å². The van der Waals surface area contributed by atoms with Crippen LogP contribution in [0.2, 0.25) is 45.2 Å². The molecule has 0 amide bonds. The molecule has 12 aromatic rings. The van der Waals surface area contributed by atoms with Gasteiger partial charge in [-0.25, -0.2) is 13.2 Å². The summed E-state index contributed by atoms with van der Waals surface area (Å²) in [6, 6.07) is 63.1. The molecule has 0 fully saturated rings. The number of fused-ring (bicyclic) bond motifs is 6. The average molecular weight is 1860 g/mol. The summed E-state index contributed by atoms with van der Waals surface area (Å²) in [6.45, 7) is 8.54. The Morgan fingerprint density at radius 1 is 0.274 bits per heavy atom. The van der Waals surface area contributed by atoms with E-state index in [0.717, 1.165) is 191 Å². The molecule has 124 heavy (non-hydrogen) atoms. The van der Waals surface area contributed by atoms with E-state index in [1.54, 1.807) is 54.6 Å². The predicted molar refractivity (Wildman–Crippen MR) is 507 cm³/mol. The van der Waals surface area contributed by atoms with Gasteiger partial charge < -0.3 is 57.1 Å². The van der Waals surface area contributed by atoms with Crippen molar-refractivity contribution < 1.29 is 41.6 Å². The number of rotatable bonds is 12. The summed E-state index contributed by atoms with van der Waals surface area (Å²) >= 11 is 56.6. The number of hydrogen-bond donors (Lipinski definition) is 5. The van der Waals surface area contributed by atoms with E-state index in [0.29, 0.717) is 112 Å². The highest BCUT2D eigenvalue weighted by molar-refractivity contribution is 6.40. The van der Waals surface area contributed by atoms with E-state index in [1.807, 2.05) is 116 Å². The minimum atomic E-state index is -0.325. The fourth-order valence-electron chi connectivity index (χ4n) is 16.4. The summed E-state index contributed by atoms with van der Waals surface area (Å²) < 4.78 is 79.1. The molecule has 6 heterocycles. The van der Waals surface area contributed by atoms with Crippen LogP contribution < -0.4 is 57.1 Å². The first-order valence-electron chi connectivity index (χ1n) is 41.9. The Balaban J connectivity index is 0.000000128. The second-order valence-electron chi connectivity index (χ2n) is 31.3. The maximum absolute atomic E-state index is 14.4. The lowest BCUT2D eigenvalue weighted by atomic mass is 9.93. The number of hydrogen-bond acceptors (Lipinski definition) is 11. The van der Waals surface area contributed by atoms with Gasteiger partial charge in [0.15, 0.2) is 0 Å². The molecule has 12 aromatic carbocycles. The molecule has 0 aliphatic carbocycles. The Kier molecular flexibility index (Phi) is 33.0. The van der Waals surface area contributed by atoms with Crippen LogP contribution >= 0.6 is 104 Å². The molecule has 6 atom stereocenters. The second-order valence-corrected chi connectivity index (χ2v) is 35.0. The van der Waals surface area contributed by atoms with Crippen molar-refractivity contribution in [1.82, 2.24) is 0 Å². The quantitative estimate of drug-likeness (QED) is 0.0784. The average Bonchev–Trinajstić information content (AvgIpc) is 1.09. The first-order chi connectivity index (χ1) is 60.0. The van der Waals surface area contributed by atoms with Crippen molar-refractivity contribution in [2.24, 2.45) is 28.7 Å². The molecule has 18 rings (SSSR count). The molecule has 6 aliphatic heterocycles. The lowest BCUT2D eigenvalue weighted by Crippen LogP contribution is -2.30. The van der Waals surface area contributed by atoms with E-state index in [9.17, 15) is 13.2 Å². The number of ether oxygens (including phenoxy) is 6. The Labute approximate surface area is 769 Å². The van der Waals surface area contributed by atoms with E-state index in [1.165, 1.54) is 34.9 Å². The van der Waals surface area contributed by atoms with Crippen molar-refractivity contribution in [2.45, 2.75) is 154 Å². The highest BCUT2D eigenvalue weighted by Crippen LogP contribution is 2.51. The number of benzene rings is 12. The van der Waals surface area contributed by atoms with E-state index in [4.69, 9.17) is 161 Å². The number of aryl methyl sites for hydroxylation is 8. The molecule has 0 unspecified atom stereocenters. The molecule has 0 saturated heterocycles. The van der Waals surface area contributed by atoms with Crippen LogP contribution in [0.3, 0.4) is 0 Å². The third kappa shape index (κ3) is 22.1. The zero-order valence-corrected chi connectivity index (χ0v) is 75.9. The summed E-state index contributed by atoms with van der Waals surface area (Å²) in [5, 5.41) is 5.47. The monoisotopic (exact) mass is 1850 g/mol. The topological polar surface area (TPSA) is 185 Å². The Hall–Kier alpha value is -8.36. The molecule has 648 valence electrons. The molecule has 0 aromatic heterocycles. The molecule has 23 heteroatoms. The largest absolute Gasteiger partial charge is 0.490 e. The van der Waals surface area contributed by atoms with Crippen molar-refractivity contribution in [2.75, 3.05) is 32.7 Å². The molecule has 10 N–H and O–H groups in total. The maximum Gasteiger partial charge on any atom is 0.134 e. The van der Waals surface area contributed by atoms with Crippen LogP contribution in [-0.2, 0) is 38.5 Å². The molecule has 0 saturated carbocycles. The summed E-state index contributed by atoms with van der Waals surface area (Å²) in [7, 11) is 0. The van der Waals surface area contributed by atoms with Crippen LogP contribution in [0.4, 0.5) is 13.2 Å². The molecular formula is C101H99Cl9F3N5O6. The molecule has 6 aliphatic rings. The lowest BCUT2D eigenvalue weighted by molar-refractivity contribution is 0.181. The summed E-state index contributed by atoms with van der Waals surface area (Å²) in [5.74, 6) is 3.65. The van der Waals surface area contributed by atoms with Gasteiger partial charge in [0.25, 0.3) is 0 Å². The smallest absolute Gasteiger partial charge is 0.134 e. The van der Waals surface area contributed by atoms with Gasteiger partial charge in [0.2, 0.25) is 0 Å². The van der Waals surface area contributed by atoms with Gasteiger partial charge in [0, 0.05) is 92.3 Å². The molecule has 0 spiro atoms. The number of halogens is 12. The van der Waals surface area contributed by atoms with Crippen LogP contribution in [0.25, 0.3) is 66.8 Å². The van der Waals surface area contributed by atoms with E-state index >= 15 is 0 Å². The SMILES string of the molecule is CC[C@H]1CCCc2cc(F)cc(-c3c(Cl)cccc3Cl)c2O1.Cc1cc(Cl)ccc1-c1c(F)ccc2c1O[C@@H](CN)CC2.Cc1ccccc1-c1c(Cl)ccc2c1O[C@@H](CN)CC2.NC[C@H]1CCCc2cccc(-c3c(Cl)cccc3Cl)c2O1.NC[C@H]1CCc2ccc(Cl)c(-c3ccccc3Cl)c2O1.NC[C@H]1CCc2ccc(F)c(-c3ccccc3Cl)c2O1. The van der Waals surface area contributed by atoms with Gasteiger partial charge in [0.05, 0.1) is 47.4 Å². The second kappa shape index (κ2) is 43.9. The van der Waals surface area contributed by atoms with Gasteiger partial charge >= 0.3 is 0 Å². The zero-order valence-electron chi connectivity index (χ0n) is 69.1. The minimum absolute atomic E-state index is 0.0437. The van der Waals surface area contributed by atoms with E-state index in [2.05, 4.69) is 38.1 Å². The third-order valence-electron chi connectivity index (χ3n) is 23.0. The first kappa shape index (κ1) is 93.3. The standard InChI is InChI=1S/C18H17Cl2FO.C17H17Cl2NO.C17H17ClFNO.C17H18ClNO.C16H15Cl2NO.C16H15ClFNO/c1-2-13-6-3-5-11-9-12(21)10-14(18(11)22-13)17-15(19)7-4-8-16(17)20;18-14-8-3-9-15(19)16(14)13-7-2-5-11-4-1-6-12(10-20)21-17(11)13;1-10-8-12(18)4-6-14(10)16-15(19)7-3-11-2-5-13(9-20)21-17(11)16;1-11-4-2-3-5-14(11)16-15(18)9-7-12-6-8-13(10-19)20-17(12)16;2*17-13-4-2-1-3-12(13)15-14(18)8-6-10-5-7-11(9-19)20-16(10)15/h4,7-10,13H,2-3,5-6H2,1H3;2-3,5,7-9,12H,1,4,6,10,20H2;3-4,6-8,13H,2,5,9,20H2,1H3;2-5,7,9,13H,6,8,10,19H2,1H3;2*1-4,6,8,11H,5,7,9,19H2/t13-;12-;2*13-;2*11-/m011111/s1. The van der Waals surface area contributed by atoms with Crippen LogP contribution in [-0.4, -0.2) is 69.3 Å². The first-order valence-corrected chi connectivity index (χ1v) is 45.3. The van der Waals surface area contributed by atoms with Crippen molar-refractivity contribution >= 4 is 104 Å². The van der Waals surface area contributed by atoms with Crippen molar-refractivity contribution in [3.8, 4) is 101 Å². The van der Waals surface area contributed by atoms with Gasteiger partial charge in [-0.05, 0) is 251 Å². The zero-order chi connectivity index (χ0) is 87.8. The Bertz CT molecular complexity index is 5460. The van der Waals surface area contributed by atoms with Gasteiger partial charge in [-0.1, -0.05) is 233 Å². The Morgan fingerprint density at radius 3 is 1.08 bits per heavy atom. The predicted octanol–water partition coefficient (Wildman–Crippen LogP) is 27.2. The summed E-state index contributed by atoms with van der Waals surface area (Å²) in [6.07, 6.45) is 14.2. The van der Waals surface area contributed by atoms with Gasteiger partial charge in [-0.2, -0.15) is 0 Å². The van der Waals surface area contributed by atoms with Crippen LogP contribution in [0.15, 0.2) is 206 Å². The highest BCUT2D eigenvalue weighted by atomic mass is 35.5. The molecule has 0 bridgehead atoms. The van der Waals surface area contributed by atoms with Crippen molar-refractivity contribution in [1.29, 1.82) is 0 Å². The fourth-order valence-corrected chi connectivity index (χ4v) is 18.8. The maximum atomic E-state index is 14.4. The molecule has 11 nitrogen and oxygen atoms in total. The summed E-state index contributed by atoms with van der Waals surface area (Å²) in [4.78, 5) is 0. The normalized spacial score (nSPS) is 17.5. The molecule has 0 radical (unpaired) electrons. The van der Waals surface area contributed by atoms with Gasteiger partial charge in [-0.3, -0.25) is 0 Å². The molecular weight excluding hydrogens is 1760 g/mol. The minimum Gasteiger partial charge on any atom is -0.490 e. The van der Waals surface area contributed by atoms with Gasteiger partial charge in [-0.15, -0.1) is 0 Å². The van der Waals surface area contributed by atoms with Crippen molar-refractivity contribution in [3.05, 3.63) is 313 Å². The van der Waals surface area contributed by atoms with E-state index < -0.39 is 0 Å². The third-order valence-corrected chi connectivity index (χ3v) is 25.8. The highest BCUT2D eigenvalue weighted by Gasteiger charge is 2.32. The number of nitrogens with two attached hydrogens (primary N) is 5. The van der Waals surface area contributed by atoms with Crippen LogP contribution in [0.1, 0.15) is 109 Å². The lowest BCUT2D eigenvalue weighted by Gasteiger charge is -2.28. The fraction of sp³-hybridized carbons (Fsp3) is 0.287. The van der Waals surface area contributed by atoms with Gasteiger partial charge in [0.1, 0.15) is 82.5 Å². The van der Waals surface area contributed by atoms with E-state index in [-0.39, 0.29) is 54.1 Å². The number of para-hydroxylation sites is 1. The van der Waals surface area contributed by atoms with Crippen molar-refractivity contribution in [3.63, 3.8) is 0 Å². The summed E-state index contributed by atoms with van der Waals surface area (Å²) in [5.41, 5.74) is 46.7. The van der Waals surface area contributed by atoms with Crippen LogP contribution in [0, 0.1) is 31.3 Å². The Morgan fingerprint density at radius 2 is 0.613 bits per heavy atom.